The molecule has 12 heavy (non-hydrogen) atoms. The summed E-state index contributed by atoms with van der Waals surface area (Å²) in [6, 6.07) is -0.345. The van der Waals surface area contributed by atoms with Gasteiger partial charge in [-0.3, -0.25) is 0 Å². The molecule has 0 spiro atoms. The predicted molar refractivity (Wildman–Crippen MR) is 52.8 cm³/mol. The number of rotatable bonds is 2. The molecule has 1 unspecified atom stereocenters. The molecular weight excluding hydrogens is 194 g/mol. The first kappa shape index (κ1) is 9.99. The quantitative estimate of drug-likeness (QED) is 0.776. The van der Waals surface area contributed by atoms with Gasteiger partial charge in [0.05, 0.1) is 17.7 Å². The highest BCUT2D eigenvalue weighted by atomic mass is 35.5. The van der Waals surface area contributed by atoms with Crippen molar-refractivity contribution in [3.8, 4) is 0 Å². The van der Waals surface area contributed by atoms with Crippen molar-refractivity contribution in [2.45, 2.75) is 19.9 Å². The fourth-order valence-corrected chi connectivity index (χ4v) is 2.66. The van der Waals surface area contributed by atoms with Gasteiger partial charge >= 0.3 is 0 Å². The average Bonchev–Trinajstić information content (AvgIpc) is 2.26. The van der Waals surface area contributed by atoms with E-state index in [1.165, 1.54) is 0 Å². The van der Waals surface area contributed by atoms with E-state index in [4.69, 9.17) is 22.4 Å². The van der Waals surface area contributed by atoms with Gasteiger partial charge in [0.25, 0.3) is 0 Å². The zero-order chi connectivity index (χ0) is 9.30. The Kier molecular flexibility index (Phi) is 3.12. The lowest BCUT2D eigenvalue weighted by Gasteiger charge is -2.07. The molecule has 1 rings (SSSR count). The second-order valence-corrected chi connectivity index (χ2v) is 4.54. The molecule has 0 bridgehead atoms. The zero-order valence-corrected chi connectivity index (χ0v) is 8.67. The van der Waals surface area contributed by atoms with Crippen LogP contribution in [0.2, 0.25) is 5.02 Å². The van der Waals surface area contributed by atoms with E-state index in [0.29, 0.717) is 5.02 Å². The van der Waals surface area contributed by atoms with Crippen molar-refractivity contribution in [3.63, 3.8) is 0 Å². The second kappa shape index (κ2) is 3.75. The van der Waals surface area contributed by atoms with Gasteiger partial charge in [-0.05, 0) is 13.8 Å². The molecule has 0 aliphatic heterocycles. The number of hydrogen-bond donors (Lipinski definition) is 2. The third kappa shape index (κ3) is 1.64. The van der Waals surface area contributed by atoms with Crippen LogP contribution in [-0.4, -0.2) is 11.7 Å². The third-order valence-electron chi connectivity index (χ3n) is 1.80. The Morgan fingerprint density at radius 1 is 1.50 bits per heavy atom. The Morgan fingerprint density at radius 3 is 2.42 bits per heavy atom. The molecule has 4 heteroatoms. The van der Waals surface area contributed by atoms with E-state index in [1.54, 1.807) is 11.3 Å². The molecular formula is C8H12ClNOS. The van der Waals surface area contributed by atoms with Crippen LogP contribution in [0.15, 0.2) is 0 Å². The van der Waals surface area contributed by atoms with Gasteiger partial charge in [0.2, 0.25) is 0 Å². The maximum Gasteiger partial charge on any atom is 0.0625 e. The molecule has 68 valence electrons. The van der Waals surface area contributed by atoms with Crippen LogP contribution in [-0.2, 0) is 0 Å². The van der Waals surface area contributed by atoms with Crippen molar-refractivity contribution >= 4 is 22.9 Å². The van der Waals surface area contributed by atoms with Crippen molar-refractivity contribution in [2.24, 2.45) is 5.73 Å². The molecule has 1 aromatic rings. The number of nitrogens with two attached hydrogens (primary N) is 1. The van der Waals surface area contributed by atoms with Crippen LogP contribution in [0, 0.1) is 13.8 Å². The molecule has 0 aliphatic rings. The van der Waals surface area contributed by atoms with Crippen LogP contribution in [0.4, 0.5) is 0 Å². The maximum atomic E-state index is 8.87. The summed E-state index contributed by atoms with van der Waals surface area (Å²) in [5, 5.41) is 9.57. The normalized spacial score (nSPS) is 13.4. The highest BCUT2D eigenvalue weighted by Crippen LogP contribution is 2.34. The van der Waals surface area contributed by atoms with E-state index in [9.17, 15) is 0 Å². The van der Waals surface area contributed by atoms with E-state index in [1.807, 2.05) is 13.8 Å². The fraction of sp³-hybridized carbons (Fsp3) is 0.500. The van der Waals surface area contributed by atoms with Crippen molar-refractivity contribution in [1.29, 1.82) is 0 Å². The summed E-state index contributed by atoms with van der Waals surface area (Å²) in [7, 11) is 0. The highest BCUT2D eigenvalue weighted by Gasteiger charge is 2.16. The monoisotopic (exact) mass is 205 g/mol. The summed E-state index contributed by atoms with van der Waals surface area (Å²) in [6.07, 6.45) is 0. The third-order valence-corrected chi connectivity index (χ3v) is 3.43. The Hall–Kier alpha value is -0.0900. The summed E-state index contributed by atoms with van der Waals surface area (Å²) < 4.78 is 0. The van der Waals surface area contributed by atoms with Crippen LogP contribution < -0.4 is 5.73 Å². The van der Waals surface area contributed by atoms with Crippen LogP contribution in [0.1, 0.15) is 21.4 Å². The predicted octanol–water partition coefficient (Wildman–Crippen LogP) is 2.01. The number of aliphatic hydroxyl groups excluding tert-OH is 1. The molecule has 1 aromatic heterocycles. The summed E-state index contributed by atoms with van der Waals surface area (Å²) in [5.41, 5.74) is 6.57. The Balaban J connectivity index is 3.13. The Bertz CT molecular complexity index is 285. The molecule has 0 radical (unpaired) electrons. The minimum absolute atomic E-state index is 0.0588. The first-order valence-electron chi connectivity index (χ1n) is 3.69. The van der Waals surface area contributed by atoms with Gasteiger partial charge in [-0.2, -0.15) is 0 Å². The van der Waals surface area contributed by atoms with E-state index < -0.39 is 0 Å². The number of halogens is 1. The molecule has 0 aliphatic carbocycles. The summed E-state index contributed by atoms with van der Waals surface area (Å²) >= 11 is 7.62. The van der Waals surface area contributed by atoms with E-state index in [0.717, 1.165) is 15.3 Å². The lowest BCUT2D eigenvalue weighted by atomic mass is 10.1. The van der Waals surface area contributed by atoms with Gasteiger partial charge < -0.3 is 10.8 Å². The van der Waals surface area contributed by atoms with E-state index in [-0.39, 0.29) is 12.6 Å². The minimum Gasteiger partial charge on any atom is -0.394 e. The van der Waals surface area contributed by atoms with Gasteiger partial charge in [0, 0.05) is 15.3 Å². The Labute approximate surface area is 81.0 Å². The van der Waals surface area contributed by atoms with Crippen molar-refractivity contribution in [3.05, 3.63) is 20.3 Å². The largest absolute Gasteiger partial charge is 0.394 e. The smallest absolute Gasteiger partial charge is 0.0625 e. The van der Waals surface area contributed by atoms with Gasteiger partial charge in [0.1, 0.15) is 0 Å². The van der Waals surface area contributed by atoms with Crippen LogP contribution in [0.25, 0.3) is 0 Å². The number of hydrogen-bond acceptors (Lipinski definition) is 3. The van der Waals surface area contributed by atoms with Crippen LogP contribution in [0.3, 0.4) is 0 Å². The fourth-order valence-electron chi connectivity index (χ4n) is 1.19. The van der Waals surface area contributed by atoms with Gasteiger partial charge in [-0.1, -0.05) is 11.6 Å². The molecule has 0 aromatic carbocycles. The lowest BCUT2D eigenvalue weighted by Crippen LogP contribution is -2.14. The van der Waals surface area contributed by atoms with E-state index >= 15 is 0 Å². The van der Waals surface area contributed by atoms with Crippen molar-refractivity contribution < 1.29 is 5.11 Å². The zero-order valence-electron chi connectivity index (χ0n) is 7.10. The average molecular weight is 206 g/mol. The lowest BCUT2D eigenvalue weighted by molar-refractivity contribution is 0.268. The minimum atomic E-state index is -0.345. The molecule has 0 fully saturated rings. The summed E-state index contributed by atoms with van der Waals surface area (Å²) in [6.45, 7) is 3.86. The first-order valence-corrected chi connectivity index (χ1v) is 4.89. The Morgan fingerprint density at radius 2 is 2.08 bits per heavy atom. The molecule has 0 amide bonds. The maximum absolute atomic E-state index is 8.87. The van der Waals surface area contributed by atoms with Crippen molar-refractivity contribution in [1.82, 2.24) is 0 Å². The van der Waals surface area contributed by atoms with E-state index in [2.05, 4.69) is 0 Å². The molecule has 0 saturated heterocycles. The SMILES string of the molecule is Cc1sc(C)c(C(N)CO)c1Cl. The number of thiophene rings is 1. The highest BCUT2D eigenvalue weighted by molar-refractivity contribution is 7.12. The van der Waals surface area contributed by atoms with Gasteiger partial charge in [0.15, 0.2) is 0 Å². The molecule has 1 heterocycles. The molecule has 3 N–H and O–H groups in total. The molecule has 2 nitrogen and oxygen atoms in total. The standard InChI is InChI=1S/C8H12ClNOS/c1-4-7(6(10)3-11)8(9)5(2)12-4/h6,11H,3,10H2,1-2H3. The first-order chi connectivity index (χ1) is 5.57. The van der Waals surface area contributed by atoms with Crippen LogP contribution >= 0.6 is 22.9 Å². The topological polar surface area (TPSA) is 46.2 Å². The van der Waals surface area contributed by atoms with Crippen molar-refractivity contribution in [2.75, 3.05) is 6.61 Å². The molecule has 0 saturated carbocycles. The van der Waals surface area contributed by atoms with Gasteiger partial charge in [-0.15, -0.1) is 11.3 Å². The number of aliphatic hydroxyl groups is 1. The van der Waals surface area contributed by atoms with Gasteiger partial charge in [-0.25, -0.2) is 0 Å². The number of aryl methyl sites for hydroxylation is 2. The summed E-state index contributed by atoms with van der Waals surface area (Å²) in [5.74, 6) is 0. The molecule has 1 atom stereocenters. The second-order valence-electron chi connectivity index (χ2n) is 2.73. The summed E-state index contributed by atoms with van der Waals surface area (Å²) in [4.78, 5) is 2.16. The van der Waals surface area contributed by atoms with Crippen LogP contribution in [0.5, 0.6) is 0 Å².